The lowest BCUT2D eigenvalue weighted by Gasteiger charge is -2.34. The third-order valence-electron chi connectivity index (χ3n) is 3.63. The van der Waals surface area contributed by atoms with Crippen LogP contribution in [0.3, 0.4) is 0 Å². The summed E-state index contributed by atoms with van der Waals surface area (Å²) in [5, 5.41) is 9.62. The normalized spacial score (nSPS) is 16.1. The van der Waals surface area contributed by atoms with Crippen LogP contribution >= 0.6 is 23.2 Å². The molecule has 6 heteroatoms. The molecule has 4 nitrogen and oxygen atoms in total. The molecular weight excluding hydrogens is 299 g/mol. The molecule has 1 aromatic rings. The number of carbonyl (C=O) groups excluding carboxylic acids is 1. The number of hydrogen-bond acceptors (Lipinski definition) is 3. The van der Waals surface area contributed by atoms with Crippen LogP contribution in [0.5, 0.6) is 0 Å². The van der Waals surface area contributed by atoms with Crippen LogP contribution < -0.4 is 0 Å². The first kappa shape index (κ1) is 15.5. The Bertz CT molecular complexity index is 456. The Kier molecular flexibility index (Phi) is 5.64. The first-order valence-electron chi connectivity index (χ1n) is 6.86. The van der Waals surface area contributed by atoms with E-state index in [0.717, 1.165) is 25.7 Å². The molecule has 1 aromatic heterocycles. The molecule has 20 heavy (non-hydrogen) atoms. The molecule has 0 saturated heterocycles. The van der Waals surface area contributed by atoms with Crippen LogP contribution in [-0.2, 0) is 0 Å². The van der Waals surface area contributed by atoms with Gasteiger partial charge in [-0.05, 0) is 25.0 Å². The van der Waals surface area contributed by atoms with Gasteiger partial charge in [0.2, 0.25) is 0 Å². The van der Waals surface area contributed by atoms with Crippen LogP contribution in [-0.4, -0.2) is 40.1 Å². The summed E-state index contributed by atoms with van der Waals surface area (Å²) in [5.41, 5.74) is 0.425. The lowest BCUT2D eigenvalue weighted by atomic mass is 9.93. The third-order valence-corrected chi connectivity index (χ3v) is 4.01. The number of hydrogen-bond donors (Lipinski definition) is 1. The predicted molar refractivity (Wildman–Crippen MR) is 79.3 cm³/mol. The van der Waals surface area contributed by atoms with Gasteiger partial charge in [-0.3, -0.25) is 4.79 Å². The summed E-state index contributed by atoms with van der Waals surface area (Å²) < 4.78 is 0. The number of aliphatic hydroxyl groups is 1. The SMILES string of the molecule is O=C(c1cc(Cl)nc(Cl)c1)N(CCO)C1CCCCC1. The summed E-state index contributed by atoms with van der Waals surface area (Å²) in [6, 6.07) is 3.22. The van der Waals surface area contributed by atoms with Crippen LogP contribution in [0.2, 0.25) is 10.3 Å². The van der Waals surface area contributed by atoms with Crippen LogP contribution in [0.15, 0.2) is 12.1 Å². The van der Waals surface area contributed by atoms with Crippen molar-refractivity contribution in [1.82, 2.24) is 9.88 Å². The molecule has 1 N–H and O–H groups in total. The van der Waals surface area contributed by atoms with Crippen molar-refractivity contribution in [2.45, 2.75) is 38.1 Å². The minimum atomic E-state index is -0.142. The lowest BCUT2D eigenvalue weighted by Crippen LogP contribution is -2.43. The quantitative estimate of drug-likeness (QED) is 0.868. The topological polar surface area (TPSA) is 53.4 Å². The van der Waals surface area contributed by atoms with E-state index in [1.165, 1.54) is 18.6 Å². The fourth-order valence-corrected chi connectivity index (χ4v) is 3.17. The maximum absolute atomic E-state index is 12.6. The van der Waals surface area contributed by atoms with Crippen molar-refractivity contribution in [3.8, 4) is 0 Å². The minimum absolute atomic E-state index is 0.0468. The molecule has 2 rings (SSSR count). The first-order chi connectivity index (χ1) is 9.61. The molecule has 1 aliphatic carbocycles. The maximum atomic E-state index is 12.6. The van der Waals surface area contributed by atoms with E-state index >= 15 is 0 Å². The van der Waals surface area contributed by atoms with Gasteiger partial charge in [-0.15, -0.1) is 0 Å². The monoisotopic (exact) mass is 316 g/mol. The van der Waals surface area contributed by atoms with Gasteiger partial charge in [-0.25, -0.2) is 4.98 Å². The van der Waals surface area contributed by atoms with E-state index in [9.17, 15) is 9.90 Å². The van der Waals surface area contributed by atoms with Crippen LogP contribution in [0, 0.1) is 0 Å². The Morgan fingerprint density at radius 3 is 2.40 bits per heavy atom. The van der Waals surface area contributed by atoms with E-state index in [0.29, 0.717) is 12.1 Å². The maximum Gasteiger partial charge on any atom is 0.254 e. The number of amides is 1. The third kappa shape index (κ3) is 3.84. The van der Waals surface area contributed by atoms with Gasteiger partial charge >= 0.3 is 0 Å². The van der Waals surface area contributed by atoms with Gasteiger partial charge in [0.25, 0.3) is 5.91 Å². The largest absolute Gasteiger partial charge is 0.395 e. The smallest absolute Gasteiger partial charge is 0.254 e. The minimum Gasteiger partial charge on any atom is -0.395 e. The molecule has 1 amide bonds. The van der Waals surface area contributed by atoms with E-state index in [1.807, 2.05) is 0 Å². The molecule has 1 aliphatic rings. The zero-order valence-corrected chi connectivity index (χ0v) is 12.7. The first-order valence-corrected chi connectivity index (χ1v) is 7.62. The number of aromatic nitrogens is 1. The van der Waals surface area contributed by atoms with Gasteiger partial charge in [0, 0.05) is 18.2 Å². The molecule has 1 fully saturated rings. The Labute approximate surface area is 128 Å². The molecule has 0 atom stereocenters. The standard InChI is InChI=1S/C14H18Cl2N2O2/c15-12-8-10(9-13(16)17-12)14(20)18(6-7-19)11-4-2-1-3-5-11/h8-9,11,19H,1-7H2. The second kappa shape index (κ2) is 7.25. The molecule has 0 unspecified atom stereocenters. The van der Waals surface area contributed by atoms with E-state index in [2.05, 4.69) is 4.98 Å². The second-order valence-corrected chi connectivity index (χ2v) is 5.79. The zero-order chi connectivity index (χ0) is 14.5. The molecule has 110 valence electrons. The number of nitrogens with zero attached hydrogens (tertiary/aromatic N) is 2. The van der Waals surface area contributed by atoms with Crippen LogP contribution in [0.25, 0.3) is 0 Å². The second-order valence-electron chi connectivity index (χ2n) is 5.02. The van der Waals surface area contributed by atoms with Crippen molar-refractivity contribution in [3.63, 3.8) is 0 Å². The predicted octanol–water partition coefficient (Wildman–Crippen LogP) is 3.16. The molecule has 0 spiro atoms. The number of pyridine rings is 1. The molecule has 0 aliphatic heterocycles. The van der Waals surface area contributed by atoms with Gasteiger partial charge in [0.1, 0.15) is 10.3 Å². The molecule has 0 aromatic carbocycles. The Balaban J connectivity index is 2.20. The number of carbonyl (C=O) groups is 1. The van der Waals surface area contributed by atoms with E-state index in [-0.39, 0.29) is 28.9 Å². The van der Waals surface area contributed by atoms with Crippen molar-refractivity contribution in [2.75, 3.05) is 13.2 Å². The van der Waals surface area contributed by atoms with Crippen molar-refractivity contribution in [2.24, 2.45) is 0 Å². The fourth-order valence-electron chi connectivity index (χ4n) is 2.70. The van der Waals surface area contributed by atoms with Crippen molar-refractivity contribution in [3.05, 3.63) is 28.0 Å². The van der Waals surface area contributed by atoms with Gasteiger partial charge in [0.15, 0.2) is 0 Å². The molecule has 1 saturated carbocycles. The van der Waals surface area contributed by atoms with Crippen molar-refractivity contribution < 1.29 is 9.90 Å². The van der Waals surface area contributed by atoms with Gasteiger partial charge in [-0.1, -0.05) is 42.5 Å². The van der Waals surface area contributed by atoms with E-state index in [1.54, 1.807) is 4.90 Å². The molecule has 0 bridgehead atoms. The lowest BCUT2D eigenvalue weighted by molar-refractivity contribution is 0.0585. The highest BCUT2D eigenvalue weighted by atomic mass is 35.5. The van der Waals surface area contributed by atoms with Crippen LogP contribution in [0.4, 0.5) is 0 Å². The Hall–Kier alpha value is -0.840. The molecule has 0 radical (unpaired) electrons. The number of halogens is 2. The fraction of sp³-hybridized carbons (Fsp3) is 0.571. The highest BCUT2D eigenvalue weighted by Gasteiger charge is 2.26. The summed E-state index contributed by atoms with van der Waals surface area (Å²) in [6.07, 6.45) is 5.43. The molecular formula is C14H18Cl2N2O2. The van der Waals surface area contributed by atoms with E-state index < -0.39 is 0 Å². The highest BCUT2D eigenvalue weighted by Crippen LogP contribution is 2.25. The van der Waals surface area contributed by atoms with Gasteiger partial charge in [-0.2, -0.15) is 0 Å². The Morgan fingerprint density at radius 2 is 1.85 bits per heavy atom. The van der Waals surface area contributed by atoms with Gasteiger partial charge in [0.05, 0.1) is 6.61 Å². The summed E-state index contributed by atoms with van der Waals surface area (Å²) >= 11 is 11.7. The summed E-state index contributed by atoms with van der Waals surface area (Å²) in [7, 11) is 0. The highest BCUT2D eigenvalue weighted by molar-refractivity contribution is 6.33. The van der Waals surface area contributed by atoms with Crippen molar-refractivity contribution in [1.29, 1.82) is 0 Å². The summed E-state index contributed by atoms with van der Waals surface area (Å²) in [6.45, 7) is 0.288. The average molecular weight is 317 g/mol. The average Bonchev–Trinajstić information content (AvgIpc) is 2.44. The Morgan fingerprint density at radius 1 is 1.25 bits per heavy atom. The summed E-state index contributed by atoms with van der Waals surface area (Å²) in [4.78, 5) is 18.2. The van der Waals surface area contributed by atoms with Crippen LogP contribution in [0.1, 0.15) is 42.5 Å². The number of aliphatic hydroxyl groups excluding tert-OH is 1. The van der Waals surface area contributed by atoms with E-state index in [4.69, 9.17) is 23.2 Å². The molecule has 1 heterocycles. The number of rotatable bonds is 4. The van der Waals surface area contributed by atoms with Gasteiger partial charge < -0.3 is 10.0 Å². The summed E-state index contributed by atoms with van der Waals surface area (Å²) in [5.74, 6) is -0.142. The van der Waals surface area contributed by atoms with Crippen molar-refractivity contribution >= 4 is 29.1 Å². The zero-order valence-electron chi connectivity index (χ0n) is 11.2.